The molecular formula is C13H20N2O3S. The van der Waals surface area contributed by atoms with Gasteiger partial charge in [0.1, 0.15) is 10.6 Å². The maximum atomic E-state index is 12.6. The first-order valence-corrected chi connectivity index (χ1v) is 7.77. The van der Waals surface area contributed by atoms with Gasteiger partial charge in [-0.05, 0) is 30.9 Å². The van der Waals surface area contributed by atoms with E-state index in [-0.39, 0.29) is 10.9 Å². The lowest BCUT2D eigenvalue weighted by molar-refractivity contribution is 0.337. The Labute approximate surface area is 114 Å². The summed E-state index contributed by atoms with van der Waals surface area (Å²) in [6, 6.07) is 6.52. The smallest absolute Gasteiger partial charge is 0.246 e. The SMILES string of the molecule is COc1ccccc1S(=O)(=O)N(C)C(CN)C1CC1. The van der Waals surface area contributed by atoms with Gasteiger partial charge in [-0.3, -0.25) is 0 Å². The van der Waals surface area contributed by atoms with Crippen LogP contribution in [0.5, 0.6) is 5.75 Å². The molecule has 0 aromatic heterocycles. The van der Waals surface area contributed by atoms with E-state index in [0.717, 1.165) is 12.8 Å². The molecule has 0 radical (unpaired) electrons. The van der Waals surface area contributed by atoms with Crippen LogP contribution in [0.2, 0.25) is 0 Å². The first-order valence-electron chi connectivity index (χ1n) is 6.33. The third-order valence-corrected chi connectivity index (χ3v) is 5.52. The van der Waals surface area contributed by atoms with Gasteiger partial charge in [0.25, 0.3) is 0 Å². The highest BCUT2D eigenvalue weighted by molar-refractivity contribution is 7.89. The van der Waals surface area contributed by atoms with Crippen molar-refractivity contribution in [1.82, 2.24) is 4.31 Å². The highest BCUT2D eigenvalue weighted by Gasteiger charge is 2.38. The molecule has 0 heterocycles. The van der Waals surface area contributed by atoms with Gasteiger partial charge in [0, 0.05) is 19.6 Å². The van der Waals surface area contributed by atoms with Gasteiger partial charge in [-0.25, -0.2) is 8.42 Å². The minimum atomic E-state index is -3.57. The van der Waals surface area contributed by atoms with E-state index in [0.29, 0.717) is 18.2 Å². The quantitative estimate of drug-likeness (QED) is 0.847. The molecular weight excluding hydrogens is 264 g/mol. The van der Waals surface area contributed by atoms with Crippen molar-refractivity contribution in [3.8, 4) is 5.75 Å². The predicted octanol–water partition coefficient (Wildman–Crippen LogP) is 1.05. The summed E-state index contributed by atoms with van der Waals surface area (Å²) in [5, 5.41) is 0. The van der Waals surface area contributed by atoms with E-state index in [4.69, 9.17) is 10.5 Å². The number of sulfonamides is 1. The average Bonchev–Trinajstić information content (AvgIpc) is 3.24. The highest BCUT2D eigenvalue weighted by atomic mass is 32.2. The van der Waals surface area contributed by atoms with Crippen LogP contribution in [0, 0.1) is 5.92 Å². The first kappa shape index (κ1) is 14.3. The largest absolute Gasteiger partial charge is 0.495 e. The van der Waals surface area contributed by atoms with Gasteiger partial charge in [0.15, 0.2) is 0 Å². The summed E-state index contributed by atoms with van der Waals surface area (Å²) in [5.41, 5.74) is 5.72. The third-order valence-electron chi connectivity index (χ3n) is 3.60. The average molecular weight is 284 g/mol. The second kappa shape index (κ2) is 5.48. The molecule has 0 saturated heterocycles. The molecule has 2 N–H and O–H groups in total. The number of rotatable bonds is 6. The number of para-hydroxylation sites is 1. The van der Waals surface area contributed by atoms with Gasteiger partial charge < -0.3 is 10.5 Å². The zero-order valence-electron chi connectivity index (χ0n) is 11.2. The van der Waals surface area contributed by atoms with Crippen LogP contribution in [0.1, 0.15) is 12.8 Å². The minimum Gasteiger partial charge on any atom is -0.495 e. The van der Waals surface area contributed by atoms with Crippen LogP contribution >= 0.6 is 0 Å². The fraction of sp³-hybridized carbons (Fsp3) is 0.538. The van der Waals surface area contributed by atoms with Gasteiger partial charge in [-0.1, -0.05) is 12.1 Å². The van der Waals surface area contributed by atoms with Crippen molar-refractivity contribution in [2.75, 3.05) is 20.7 Å². The van der Waals surface area contributed by atoms with E-state index in [1.54, 1.807) is 31.3 Å². The second-order valence-corrected chi connectivity index (χ2v) is 6.78. The van der Waals surface area contributed by atoms with Crippen molar-refractivity contribution >= 4 is 10.0 Å². The lowest BCUT2D eigenvalue weighted by Gasteiger charge is -2.26. The summed E-state index contributed by atoms with van der Waals surface area (Å²) in [5.74, 6) is 0.750. The molecule has 0 bridgehead atoms. The van der Waals surface area contributed by atoms with Crippen LogP contribution in [0.3, 0.4) is 0 Å². The topological polar surface area (TPSA) is 72.6 Å². The number of hydrogen-bond donors (Lipinski definition) is 1. The summed E-state index contributed by atoms with van der Waals surface area (Å²) in [6.07, 6.45) is 2.10. The predicted molar refractivity (Wildman–Crippen MR) is 73.5 cm³/mol. The summed E-state index contributed by atoms with van der Waals surface area (Å²) < 4.78 is 31.8. The van der Waals surface area contributed by atoms with Crippen LogP contribution in [0.15, 0.2) is 29.2 Å². The lowest BCUT2D eigenvalue weighted by Crippen LogP contribution is -2.43. The van der Waals surface area contributed by atoms with Gasteiger partial charge in [-0.2, -0.15) is 4.31 Å². The molecule has 106 valence electrons. The fourth-order valence-electron chi connectivity index (χ4n) is 2.28. The molecule has 5 nitrogen and oxygen atoms in total. The molecule has 0 aliphatic heterocycles. The van der Waals surface area contributed by atoms with Crippen LogP contribution in [-0.4, -0.2) is 39.5 Å². The minimum absolute atomic E-state index is 0.130. The number of nitrogens with zero attached hydrogens (tertiary/aromatic N) is 1. The Morgan fingerprint density at radius 1 is 1.42 bits per heavy atom. The summed E-state index contributed by atoms with van der Waals surface area (Å²) in [6.45, 7) is 0.343. The summed E-state index contributed by atoms with van der Waals surface area (Å²) >= 11 is 0. The van der Waals surface area contributed by atoms with Crippen molar-refractivity contribution in [3.63, 3.8) is 0 Å². The summed E-state index contributed by atoms with van der Waals surface area (Å²) in [7, 11) is -0.507. The Morgan fingerprint density at radius 3 is 2.58 bits per heavy atom. The number of methoxy groups -OCH3 is 1. The molecule has 1 unspecified atom stereocenters. The normalized spacial score (nSPS) is 17.5. The third kappa shape index (κ3) is 2.75. The molecule has 1 aliphatic rings. The molecule has 19 heavy (non-hydrogen) atoms. The number of benzene rings is 1. The molecule has 2 rings (SSSR count). The zero-order valence-corrected chi connectivity index (χ0v) is 12.1. The second-order valence-electron chi connectivity index (χ2n) is 4.81. The zero-order chi connectivity index (χ0) is 14.0. The molecule has 1 aromatic rings. The number of hydrogen-bond acceptors (Lipinski definition) is 4. The molecule has 6 heteroatoms. The lowest BCUT2D eigenvalue weighted by atomic mass is 10.2. The molecule has 1 aliphatic carbocycles. The molecule has 1 fully saturated rings. The van der Waals surface area contributed by atoms with Crippen molar-refractivity contribution in [3.05, 3.63) is 24.3 Å². The molecule has 0 spiro atoms. The Bertz CT molecular complexity index is 541. The number of ether oxygens (including phenoxy) is 1. The Kier molecular flexibility index (Phi) is 4.13. The maximum absolute atomic E-state index is 12.6. The van der Waals surface area contributed by atoms with Crippen molar-refractivity contribution < 1.29 is 13.2 Å². The van der Waals surface area contributed by atoms with Crippen LogP contribution < -0.4 is 10.5 Å². The molecule has 1 atom stereocenters. The van der Waals surface area contributed by atoms with Crippen molar-refractivity contribution in [2.24, 2.45) is 11.7 Å². The molecule has 0 amide bonds. The summed E-state index contributed by atoms with van der Waals surface area (Å²) in [4.78, 5) is 0.194. The van der Waals surface area contributed by atoms with Crippen LogP contribution in [-0.2, 0) is 10.0 Å². The van der Waals surface area contributed by atoms with Gasteiger partial charge >= 0.3 is 0 Å². The maximum Gasteiger partial charge on any atom is 0.246 e. The van der Waals surface area contributed by atoms with Crippen LogP contribution in [0.25, 0.3) is 0 Å². The van der Waals surface area contributed by atoms with Gasteiger partial charge in [-0.15, -0.1) is 0 Å². The van der Waals surface area contributed by atoms with E-state index in [2.05, 4.69) is 0 Å². The Hall–Kier alpha value is -1.11. The number of likely N-dealkylation sites (N-methyl/N-ethyl adjacent to an activating group) is 1. The van der Waals surface area contributed by atoms with E-state index >= 15 is 0 Å². The van der Waals surface area contributed by atoms with Gasteiger partial charge in [0.05, 0.1) is 7.11 Å². The van der Waals surface area contributed by atoms with Crippen molar-refractivity contribution in [2.45, 2.75) is 23.8 Å². The van der Waals surface area contributed by atoms with Crippen LogP contribution in [0.4, 0.5) is 0 Å². The monoisotopic (exact) mass is 284 g/mol. The van der Waals surface area contributed by atoms with E-state index in [9.17, 15) is 8.42 Å². The molecule has 1 aromatic carbocycles. The highest BCUT2D eigenvalue weighted by Crippen LogP contribution is 2.37. The van der Waals surface area contributed by atoms with Crippen molar-refractivity contribution in [1.29, 1.82) is 0 Å². The standard InChI is InChI=1S/C13H20N2O3S/c1-15(11(9-14)10-7-8-10)19(16,17)13-6-4-3-5-12(13)18-2/h3-6,10-11H,7-9,14H2,1-2H3. The fourth-order valence-corrected chi connectivity index (χ4v) is 3.87. The first-order chi connectivity index (χ1) is 9.02. The van der Waals surface area contributed by atoms with E-state index in [1.807, 2.05) is 0 Å². The molecule has 1 saturated carbocycles. The van der Waals surface area contributed by atoms with E-state index < -0.39 is 10.0 Å². The Morgan fingerprint density at radius 2 is 2.05 bits per heavy atom. The van der Waals surface area contributed by atoms with E-state index in [1.165, 1.54) is 11.4 Å². The van der Waals surface area contributed by atoms with Gasteiger partial charge in [0.2, 0.25) is 10.0 Å². The Balaban J connectivity index is 2.35. The number of nitrogens with two attached hydrogens (primary N) is 1.